The van der Waals surface area contributed by atoms with E-state index in [0.717, 1.165) is 28.4 Å². The van der Waals surface area contributed by atoms with Gasteiger partial charge in [0.25, 0.3) is 5.91 Å². The van der Waals surface area contributed by atoms with E-state index in [1.165, 1.54) is 6.07 Å². The van der Waals surface area contributed by atoms with Crippen LogP contribution in [0.25, 0.3) is 16.9 Å². The van der Waals surface area contributed by atoms with E-state index in [-0.39, 0.29) is 11.7 Å². The van der Waals surface area contributed by atoms with Crippen LogP contribution in [-0.4, -0.2) is 55.8 Å². The van der Waals surface area contributed by atoms with Crippen molar-refractivity contribution in [2.45, 2.75) is 6.92 Å². The Bertz CT molecular complexity index is 1410. The van der Waals surface area contributed by atoms with E-state index in [1.807, 2.05) is 71.0 Å². The van der Waals surface area contributed by atoms with Gasteiger partial charge in [-0.2, -0.15) is 0 Å². The molecule has 4 aromatic rings. The number of carbonyl (C=O) groups is 1. The van der Waals surface area contributed by atoms with E-state index < -0.39 is 0 Å². The second-order valence-corrected chi connectivity index (χ2v) is 9.00. The van der Waals surface area contributed by atoms with Gasteiger partial charge in [-0.15, -0.1) is 0 Å². The number of carbonyl (C=O) groups excluding carboxylic acids is 1. The van der Waals surface area contributed by atoms with Crippen molar-refractivity contribution >= 4 is 11.6 Å². The molecule has 1 amide bonds. The lowest BCUT2D eigenvalue weighted by atomic mass is 10.1. The first kappa shape index (κ1) is 24.4. The summed E-state index contributed by atoms with van der Waals surface area (Å²) in [5.74, 6) is 1.15. The third-order valence-electron chi connectivity index (χ3n) is 6.95. The molecular weight excluding hydrogens is 469 g/mol. The molecule has 0 saturated carbocycles. The minimum absolute atomic E-state index is 0.0537. The van der Waals surface area contributed by atoms with Gasteiger partial charge >= 0.3 is 0 Å². The Morgan fingerprint density at radius 2 is 1.46 bits per heavy atom. The Morgan fingerprint density at radius 3 is 2.11 bits per heavy atom. The Morgan fingerprint density at radius 1 is 0.811 bits per heavy atom. The SMILES string of the molecule is COc1ccc(-c2cc(C(=O)N3CCN(c4ccccc4OC)CC3)c(C)n2-c2ccccc2F)cc1. The summed E-state index contributed by atoms with van der Waals surface area (Å²) in [4.78, 5) is 17.9. The third kappa shape index (κ3) is 4.65. The average molecular weight is 500 g/mol. The van der Waals surface area contributed by atoms with Crippen LogP contribution in [0.4, 0.5) is 10.1 Å². The molecule has 0 atom stereocenters. The molecule has 1 fully saturated rings. The molecule has 0 radical (unpaired) electrons. The van der Waals surface area contributed by atoms with Crippen LogP contribution in [0.2, 0.25) is 0 Å². The van der Waals surface area contributed by atoms with Crippen LogP contribution >= 0.6 is 0 Å². The van der Waals surface area contributed by atoms with Gasteiger partial charge in [0.1, 0.15) is 17.3 Å². The van der Waals surface area contributed by atoms with Gasteiger partial charge in [0.2, 0.25) is 0 Å². The van der Waals surface area contributed by atoms with Crippen molar-refractivity contribution in [3.63, 3.8) is 0 Å². The number of amides is 1. The van der Waals surface area contributed by atoms with E-state index in [1.54, 1.807) is 32.4 Å². The number of para-hydroxylation sites is 3. The minimum atomic E-state index is -0.347. The summed E-state index contributed by atoms with van der Waals surface area (Å²) >= 11 is 0. The predicted octanol–water partition coefficient (Wildman–Crippen LogP) is 5.57. The van der Waals surface area contributed by atoms with E-state index in [4.69, 9.17) is 9.47 Å². The van der Waals surface area contributed by atoms with Crippen molar-refractivity contribution in [2.24, 2.45) is 0 Å². The quantitative estimate of drug-likeness (QED) is 0.348. The number of benzene rings is 3. The number of aromatic nitrogens is 1. The molecule has 0 spiro atoms. The molecule has 2 heterocycles. The smallest absolute Gasteiger partial charge is 0.255 e. The first-order chi connectivity index (χ1) is 18.0. The number of methoxy groups -OCH3 is 2. The van der Waals surface area contributed by atoms with E-state index >= 15 is 0 Å². The molecule has 190 valence electrons. The molecule has 0 bridgehead atoms. The third-order valence-corrected chi connectivity index (χ3v) is 6.95. The van der Waals surface area contributed by atoms with Crippen LogP contribution in [0.3, 0.4) is 0 Å². The zero-order chi connectivity index (χ0) is 25.9. The molecule has 0 N–H and O–H groups in total. The molecule has 1 aliphatic rings. The number of rotatable bonds is 6. The van der Waals surface area contributed by atoms with Crippen molar-refractivity contribution in [3.8, 4) is 28.4 Å². The number of hydrogen-bond donors (Lipinski definition) is 0. The van der Waals surface area contributed by atoms with Gasteiger partial charge in [-0.3, -0.25) is 4.79 Å². The van der Waals surface area contributed by atoms with Gasteiger partial charge in [0, 0.05) is 31.9 Å². The van der Waals surface area contributed by atoms with E-state index in [2.05, 4.69) is 4.90 Å². The molecule has 1 aliphatic heterocycles. The highest BCUT2D eigenvalue weighted by atomic mass is 19.1. The summed E-state index contributed by atoms with van der Waals surface area (Å²) < 4.78 is 27.6. The van der Waals surface area contributed by atoms with Gasteiger partial charge in [-0.1, -0.05) is 24.3 Å². The molecule has 0 aliphatic carbocycles. The number of ether oxygens (including phenoxy) is 2. The summed E-state index contributed by atoms with van der Waals surface area (Å²) in [7, 11) is 3.29. The highest BCUT2D eigenvalue weighted by Crippen LogP contribution is 2.33. The first-order valence-electron chi connectivity index (χ1n) is 12.3. The van der Waals surface area contributed by atoms with Crippen molar-refractivity contribution in [1.29, 1.82) is 0 Å². The van der Waals surface area contributed by atoms with Gasteiger partial charge in [0.05, 0.1) is 36.9 Å². The van der Waals surface area contributed by atoms with E-state index in [0.29, 0.717) is 43.1 Å². The van der Waals surface area contributed by atoms with Crippen molar-refractivity contribution in [3.05, 3.63) is 95.9 Å². The Kier molecular flexibility index (Phi) is 6.86. The van der Waals surface area contributed by atoms with Gasteiger partial charge in [-0.25, -0.2) is 4.39 Å². The summed E-state index contributed by atoms with van der Waals surface area (Å²) in [6.45, 7) is 4.44. The zero-order valence-corrected chi connectivity index (χ0v) is 21.3. The molecule has 37 heavy (non-hydrogen) atoms. The molecule has 5 rings (SSSR count). The fourth-order valence-corrected chi connectivity index (χ4v) is 4.95. The normalized spacial score (nSPS) is 13.5. The number of nitrogens with zero attached hydrogens (tertiary/aromatic N) is 3. The predicted molar refractivity (Wildman–Crippen MR) is 144 cm³/mol. The summed E-state index contributed by atoms with van der Waals surface area (Å²) in [5, 5.41) is 0. The van der Waals surface area contributed by atoms with Gasteiger partial charge in [-0.05, 0) is 67.1 Å². The van der Waals surface area contributed by atoms with Gasteiger partial charge < -0.3 is 23.8 Å². The second-order valence-electron chi connectivity index (χ2n) is 9.00. The Balaban J connectivity index is 1.47. The van der Waals surface area contributed by atoms with Crippen molar-refractivity contribution in [1.82, 2.24) is 9.47 Å². The minimum Gasteiger partial charge on any atom is -0.497 e. The molecular formula is C30H30FN3O3. The maximum Gasteiger partial charge on any atom is 0.255 e. The molecule has 3 aromatic carbocycles. The van der Waals surface area contributed by atoms with Crippen LogP contribution in [0.1, 0.15) is 16.1 Å². The molecule has 1 aromatic heterocycles. The molecule has 1 saturated heterocycles. The average Bonchev–Trinajstić information content (AvgIpc) is 3.29. The number of anilines is 1. The van der Waals surface area contributed by atoms with Crippen molar-refractivity contribution in [2.75, 3.05) is 45.3 Å². The lowest BCUT2D eigenvalue weighted by molar-refractivity contribution is 0.0746. The fraction of sp³-hybridized carbons (Fsp3) is 0.233. The lowest BCUT2D eigenvalue weighted by Gasteiger charge is -2.36. The van der Waals surface area contributed by atoms with Crippen LogP contribution < -0.4 is 14.4 Å². The molecule has 7 heteroatoms. The topological polar surface area (TPSA) is 46.9 Å². The van der Waals surface area contributed by atoms with Crippen molar-refractivity contribution < 1.29 is 18.7 Å². The zero-order valence-electron chi connectivity index (χ0n) is 21.3. The number of hydrogen-bond acceptors (Lipinski definition) is 4. The lowest BCUT2D eigenvalue weighted by Crippen LogP contribution is -2.49. The number of piperazine rings is 1. The standard InChI is InChI=1S/C30H30FN3O3/c1-21-24(30(35)33-18-16-32(17-19-33)27-10-6-7-11-29(27)37-3)20-28(22-12-14-23(36-2)15-13-22)34(21)26-9-5-4-8-25(26)31/h4-15,20H,16-19H2,1-3H3. The van der Waals surface area contributed by atoms with E-state index in [9.17, 15) is 9.18 Å². The first-order valence-corrected chi connectivity index (χ1v) is 12.3. The van der Waals surface area contributed by atoms with Crippen LogP contribution in [0, 0.1) is 12.7 Å². The molecule has 6 nitrogen and oxygen atoms in total. The highest BCUT2D eigenvalue weighted by molar-refractivity contribution is 5.97. The largest absolute Gasteiger partial charge is 0.497 e. The Hall–Kier alpha value is -4.26. The van der Waals surface area contributed by atoms with Crippen LogP contribution in [0.15, 0.2) is 78.9 Å². The monoisotopic (exact) mass is 499 g/mol. The van der Waals surface area contributed by atoms with Crippen LogP contribution in [-0.2, 0) is 0 Å². The fourth-order valence-electron chi connectivity index (χ4n) is 4.95. The summed E-state index contributed by atoms with van der Waals surface area (Å²) in [6.07, 6.45) is 0. The molecule has 0 unspecified atom stereocenters. The highest BCUT2D eigenvalue weighted by Gasteiger charge is 2.28. The maximum atomic E-state index is 14.9. The summed E-state index contributed by atoms with van der Waals surface area (Å²) in [6, 6.07) is 24.0. The van der Waals surface area contributed by atoms with Crippen LogP contribution in [0.5, 0.6) is 11.5 Å². The Labute approximate surface area is 216 Å². The second kappa shape index (κ2) is 10.4. The summed E-state index contributed by atoms with van der Waals surface area (Å²) in [5.41, 5.74) is 4.33. The van der Waals surface area contributed by atoms with Gasteiger partial charge in [0.15, 0.2) is 0 Å². The maximum absolute atomic E-state index is 14.9. The number of halogens is 1.